The van der Waals surface area contributed by atoms with E-state index < -0.39 is 0 Å². The van der Waals surface area contributed by atoms with Crippen molar-refractivity contribution in [3.05, 3.63) is 53.6 Å². The summed E-state index contributed by atoms with van der Waals surface area (Å²) in [6, 6.07) is 14.0. The molecule has 16 heavy (non-hydrogen) atoms. The summed E-state index contributed by atoms with van der Waals surface area (Å²) in [6.45, 7) is 4.21. The van der Waals surface area contributed by atoms with E-state index in [4.69, 9.17) is 5.73 Å². The standard InChI is InChI=1S/C14H16N2/c1-10-6-5-9-13(11(10)2)16-14-8-4-3-7-12(14)15/h3-9,16H,15H2,1-2H3. The third-order valence-electron chi connectivity index (χ3n) is 2.83. The van der Waals surface area contributed by atoms with Crippen molar-refractivity contribution in [2.24, 2.45) is 0 Å². The zero-order valence-electron chi connectivity index (χ0n) is 9.62. The zero-order chi connectivity index (χ0) is 11.5. The lowest BCUT2D eigenvalue weighted by Crippen LogP contribution is -1.98. The molecule has 0 bridgehead atoms. The Kier molecular flexibility index (Phi) is 2.82. The highest BCUT2D eigenvalue weighted by atomic mass is 14.9. The highest BCUT2D eigenvalue weighted by Crippen LogP contribution is 2.26. The maximum atomic E-state index is 5.89. The monoisotopic (exact) mass is 212 g/mol. The van der Waals surface area contributed by atoms with E-state index in [1.54, 1.807) is 0 Å². The van der Waals surface area contributed by atoms with Crippen LogP contribution < -0.4 is 11.1 Å². The van der Waals surface area contributed by atoms with Crippen molar-refractivity contribution < 1.29 is 0 Å². The van der Waals surface area contributed by atoms with E-state index in [0.717, 1.165) is 17.1 Å². The summed E-state index contributed by atoms with van der Waals surface area (Å²) in [7, 11) is 0. The van der Waals surface area contributed by atoms with Gasteiger partial charge in [-0.2, -0.15) is 0 Å². The molecule has 0 fully saturated rings. The van der Waals surface area contributed by atoms with E-state index >= 15 is 0 Å². The number of rotatable bonds is 2. The van der Waals surface area contributed by atoms with Crippen molar-refractivity contribution in [2.75, 3.05) is 11.1 Å². The Hall–Kier alpha value is -1.96. The number of benzene rings is 2. The van der Waals surface area contributed by atoms with Crippen LogP contribution in [0.4, 0.5) is 17.1 Å². The first-order valence-corrected chi connectivity index (χ1v) is 5.36. The average Bonchev–Trinajstić information content (AvgIpc) is 2.28. The van der Waals surface area contributed by atoms with Crippen molar-refractivity contribution in [2.45, 2.75) is 13.8 Å². The summed E-state index contributed by atoms with van der Waals surface area (Å²) in [4.78, 5) is 0. The quantitative estimate of drug-likeness (QED) is 0.746. The van der Waals surface area contributed by atoms with Crippen molar-refractivity contribution in [3.63, 3.8) is 0 Å². The Morgan fingerprint density at radius 3 is 2.31 bits per heavy atom. The van der Waals surface area contributed by atoms with Crippen molar-refractivity contribution in [1.82, 2.24) is 0 Å². The van der Waals surface area contributed by atoms with Crippen LogP contribution in [0.2, 0.25) is 0 Å². The van der Waals surface area contributed by atoms with Gasteiger partial charge in [-0.25, -0.2) is 0 Å². The fourth-order valence-corrected chi connectivity index (χ4v) is 1.64. The van der Waals surface area contributed by atoms with Gasteiger partial charge in [0.15, 0.2) is 0 Å². The third-order valence-corrected chi connectivity index (χ3v) is 2.83. The molecule has 0 spiro atoms. The zero-order valence-corrected chi connectivity index (χ0v) is 9.62. The molecule has 2 aromatic rings. The first-order valence-electron chi connectivity index (χ1n) is 5.36. The molecular formula is C14H16N2. The summed E-state index contributed by atoms with van der Waals surface area (Å²) in [5, 5.41) is 3.36. The molecule has 2 aromatic carbocycles. The van der Waals surface area contributed by atoms with Crippen molar-refractivity contribution >= 4 is 17.1 Å². The maximum Gasteiger partial charge on any atom is 0.0617 e. The molecule has 0 amide bonds. The van der Waals surface area contributed by atoms with E-state index in [0.29, 0.717) is 0 Å². The van der Waals surface area contributed by atoms with E-state index in [9.17, 15) is 0 Å². The van der Waals surface area contributed by atoms with Crippen LogP contribution in [-0.4, -0.2) is 0 Å². The molecule has 0 saturated carbocycles. The van der Waals surface area contributed by atoms with Crippen LogP contribution in [0.15, 0.2) is 42.5 Å². The number of nitrogens with two attached hydrogens (primary N) is 1. The van der Waals surface area contributed by atoms with Crippen LogP contribution in [0.5, 0.6) is 0 Å². The minimum absolute atomic E-state index is 0.767. The van der Waals surface area contributed by atoms with Crippen LogP contribution in [-0.2, 0) is 0 Å². The van der Waals surface area contributed by atoms with Gasteiger partial charge in [0.1, 0.15) is 0 Å². The third kappa shape index (κ3) is 2.01. The summed E-state index contributed by atoms with van der Waals surface area (Å²) < 4.78 is 0. The normalized spacial score (nSPS) is 10.1. The molecule has 82 valence electrons. The number of aryl methyl sites for hydroxylation is 1. The fourth-order valence-electron chi connectivity index (χ4n) is 1.64. The van der Waals surface area contributed by atoms with Crippen molar-refractivity contribution in [1.29, 1.82) is 0 Å². The van der Waals surface area contributed by atoms with Gasteiger partial charge in [0.05, 0.1) is 11.4 Å². The predicted octanol–water partition coefficient (Wildman–Crippen LogP) is 3.63. The van der Waals surface area contributed by atoms with Gasteiger partial charge in [-0.05, 0) is 43.2 Å². The average molecular weight is 212 g/mol. The Morgan fingerprint density at radius 1 is 0.875 bits per heavy atom. The van der Waals surface area contributed by atoms with Crippen LogP contribution in [0.1, 0.15) is 11.1 Å². The Labute approximate surface area is 96.1 Å². The minimum Gasteiger partial charge on any atom is -0.397 e. The molecule has 0 saturated heterocycles. The molecule has 0 aliphatic carbocycles. The molecule has 2 rings (SSSR count). The summed E-state index contributed by atoms with van der Waals surface area (Å²) in [6.07, 6.45) is 0. The van der Waals surface area contributed by atoms with Gasteiger partial charge in [0, 0.05) is 5.69 Å². The highest BCUT2D eigenvalue weighted by molar-refractivity contribution is 5.74. The molecule has 0 atom stereocenters. The van der Waals surface area contributed by atoms with Gasteiger partial charge in [-0.1, -0.05) is 24.3 Å². The lowest BCUT2D eigenvalue weighted by molar-refractivity contribution is 1.33. The fraction of sp³-hybridized carbons (Fsp3) is 0.143. The number of hydrogen-bond acceptors (Lipinski definition) is 2. The second-order valence-electron chi connectivity index (χ2n) is 3.96. The predicted molar refractivity (Wildman–Crippen MR) is 70.1 cm³/mol. The van der Waals surface area contributed by atoms with Crippen molar-refractivity contribution in [3.8, 4) is 0 Å². The molecule has 0 radical (unpaired) electrons. The summed E-state index contributed by atoms with van der Waals surface area (Å²) in [5.41, 5.74) is 11.3. The second-order valence-corrected chi connectivity index (χ2v) is 3.96. The summed E-state index contributed by atoms with van der Waals surface area (Å²) >= 11 is 0. The number of para-hydroxylation sites is 2. The van der Waals surface area contributed by atoms with Gasteiger partial charge in [-0.15, -0.1) is 0 Å². The largest absolute Gasteiger partial charge is 0.397 e. The molecule has 0 unspecified atom stereocenters. The minimum atomic E-state index is 0.767. The number of hydrogen-bond donors (Lipinski definition) is 2. The Bertz CT molecular complexity index is 504. The van der Waals surface area contributed by atoms with Gasteiger partial charge >= 0.3 is 0 Å². The highest BCUT2D eigenvalue weighted by Gasteiger charge is 2.02. The van der Waals surface area contributed by atoms with Crippen LogP contribution >= 0.6 is 0 Å². The molecule has 0 aromatic heterocycles. The molecule has 2 heteroatoms. The van der Waals surface area contributed by atoms with E-state index in [1.807, 2.05) is 30.3 Å². The SMILES string of the molecule is Cc1cccc(Nc2ccccc2N)c1C. The number of nitrogen functional groups attached to an aromatic ring is 1. The first kappa shape index (κ1) is 10.6. The molecule has 3 N–H and O–H groups in total. The Balaban J connectivity index is 2.35. The molecule has 0 aliphatic rings. The van der Waals surface area contributed by atoms with E-state index in [1.165, 1.54) is 11.1 Å². The van der Waals surface area contributed by atoms with Gasteiger partial charge in [0.25, 0.3) is 0 Å². The van der Waals surface area contributed by atoms with E-state index in [-0.39, 0.29) is 0 Å². The lowest BCUT2D eigenvalue weighted by Gasteiger charge is -2.12. The smallest absolute Gasteiger partial charge is 0.0617 e. The van der Waals surface area contributed by atoms with Gasteiger partial charge in [-0.3, -0.25) is 0 Å². The number of nitrogens with one attached hydrogen (secondary N) is 1. The lowest BCUT2D eigenvalue weighted by atomic mass is 10.1. The summed E-state index contributed by atoms with van der Waals surface area (Å²) in [5.74, 6) is 0. The molecule has 2 nitrogen and oxygen atoms in total. The second kappa shape index (κ2) is 4.27. The molecule has 0 aliphatic heterocycles. The molecular weight excluding hydrogens is 196 g/mol. The van der Waals surface area contributed by atoms with Gasteiger partial charge in [0.2, 0.25) is 0 Å². The topological polar surface area (TPSA) is 38.0 Å². The molecule has 0 heterocycles. The number of anilines is 3. The van der Waals surface area contributed by atoms with Crippen LogP contribution in [0.25, 0.3) is 0 Å². The van der Waals surface area contributed by atoms with Crippen LogP contribution in [0.3, 0.4) is 0 Å². The first-order chi connectivity index (χ1) is 7.68. The van der Waals surface area contributed by atoms with E-state index in [2.05, 4.69) is 31.3 Å². The van der Waals surface area contributed by atoms with Gasteiger partial charge < -0.3 is 11.1 Å². The van der Waals surface area contributed by atoms with Crippen LogP contribution in [0, 0.1) is 13.8 Å². The Morgan fingerprint density at radius 2 is 1.56 bits per heavy atom. The maximum absolute atomic E-state index is 5.89.